The molecule has 20 heavy (non-hydrogen) atoms. The monoisotopic (exact) mass is 276 g/mol. The van der Waals surface area contributed by atoms with Crippen molar-refractivity contribution in [2.24, 2.45) is 5.73 Å². The molecule has 1 aliphatic rings. The Balaban J connectivity index is 2.18. The van der Waals surface area contributed by atoms with Gasteiger partial charge in [0.15, 0.2) is 0 Å². The minimum atomic E-state index is 0.128. The van der Waals surface area contributed by atoms with E-state index in [2.05, 4.69) is 43.0 Å². The van der Waals surface area contributed by atoms with Gasteiger partial charge < -0.3 is 10.5 Å². The Kier molecular flexibility index (Phi) is 5.58. The normalized spacial score (nSPS) is 21.7. The molecule has 2 atom stereocenters. The maximum absolute atomic E-state index is 6.53. The van der Waals surface area contributed by atoms with Crippen LogP contribution in [0.5, 0.6) is 0 Å². The third-order valence-electron chi connectivity index (χ3n) is 4.65. The van der Waals surface area contributed by atoms with Crippen LogP contribution in [0.2, 0.25) is 0 Å². The number of hydrogen-bond donors (Lipinski definition) is 1. The topological polar surface area (TPSA) is 38.5 Å². The van der Waals surface area contributed by atoms with Crippen molar-refractivity contribution >= 4 is 0 Å². The number of hydrogen-bond acceptors (Lipinski definition) is 3. The Bertz CT molecular complexity index is 417. The first-order valence-corrected chi connectivity index (χ1v) is 7.80. The molecule has 0 fully saturated rings. The molecule has 0 saturated carbocycles. The average Bonchev–Trinajstić information content (AvgIpc) is 2.81. The summed E-state index contributed by atoms with van der Waals surface area (Å²) in [4.78, 5) is 2.58. The quantitative estimate of drug-likeness (QED) is 0.832. The lowest BCUT2D eigenvalue weighted by atomic mass is 10.0. The Hall–Kier alpha value is -0.900. The number of ether oxygens (including phenoxy) is 1. The molecule has 0 heterocycles. The molecule has 3 heteroatoms. The van der Waals surface area contributed by atoms with Crippen LogP contribution in [-0.4, -0.2) is 37.2 Å². The summed E-state index contributed by atoms with van der Waals surface area (Å²) >= 11 is 0. The van der Waals surface area contributed by atoms with E-state index in [1.807, 2.05) is 0 Å². The summed E-state index contributed by atoms with van der Waals surface area (Å²) in [5, 5.41) is 0. The third kappa shape index (κ3) is 3.05. The van der Waals surface area contributed by atoms with E-state index >= 15 is 0 Å². The molecule has 1 aliphatic carbocycles. The summed E-state index contributed by atoms with van der Waals surface area (Å²) in [6.07, 6.45) is 3.40. The minimum Gasteiger partial charge on any atom is -0.383 e. The van der Waals surface area contributed by atoms with E-state index in [0.29, 0.717) is 12.1 Å². The summed E-state index contributed by atoms with van der Waals surface area (Å²) in [7, 11) is 1.77. The number of benzene rings is 1. The second-order valence-corrected chi connectivity index (χ2v) is 5.70. The van der Waals surface area contributed by atoms with Crippen LogP contribution < -0.4 is 5.73 Å². The number of nitrogens with two attached hydrogens (primary N) is 1. The fourth-order valence-electron chi connectivity index (χ4n) is 3.50. The molecule has 0 bridgehead atoms. The van der Waals surface area contributed by atoms with Gasteiger partial charge in [-0.1, -0.05) is 38.1 Å². The van der Waals surface area contributed by atoms with Gasteiger partial charge in [-0.05, 0) is 30.4 Å². The van der Waals surface area contributed by atoms with Gasteiger partial charge in [-0.15, -0.1) is 0 Å². The second-order valence-electron chi connectivity index (χ2n) is 5.70. The van der Waals surface area contributed by atoms with Gasteiger partial charge in [-0.2, -0.15) is 0 Å². The molecular weight excluding hydrogens is 248 g/mol. The highest BCUT2D eigenvalue weighted by Gasteiger charge is 2.35. The zero-order valence-corrected chi connectivity index (χ0v) is 13.0. The van der Waals surface area contributed by atoms with Crippen LogP contribution in [0.3, 0.4) is 0 Å². The first kappa shape index (κ1) is 15.5. The molecule has 2 rings (SSSR count). The lowest BCUT2D eigenvalue weighted by Gasteiger charge is -2.37. The van der Waals surface area contributed by atoms with Crippen molar-refractivity contribution in [3.63, 3.8) is 0 Å². The molecule has 0 aliphatic heterocycles. The molecule has 0 saturated heterocycles. The van der Waals surface area contributed by atoms with E-state index in [1.165, 1.54) is 24.0 Å². The molecular formula is C17H28N2O. The molecule has 112 valence electrons. The summed E-state index contributed by atoms with van der Waals surface area (Å²) < 4.78 is 5.30. The molecule has 1 aromatic carbocycles. The zero-order chi connectivity index (χ0) is 14.5. The van der Waals surface area contributed by atoms with Gasteiger partial charge >= 0.3 is 0 Å². The van der Waals surface area contributed by atoms with Crippen molar-refractivity contribution in [3.8, 4) is 0 Å². The van der Waals surface area contributed by atoms with Gasteiger partial charge in [0, 0.05) is 31.8 Å². The summed E-state index contributed by atoms with van der Waals surface area (Å²) in [6.45, 7) is 6.27. The Labute approximate surface area is 123 Å². The van der Waals surface area contributed by atoms with E-state index in [4.69, 9.17) is 10.5 Å². The predicted octanol–water partition coefficient (Wildman–Crippen LogP) is 2.75. The predicted molar refractivity (Wildman–Crippen MR) is 83.8 cm³/mol. The van der Waals surface area contributed by atoms with Crippen LogP contribution in [0.25, 0.3) is 0 Å². The van der Waals surface area contributed by atoms with Crippen LogP contribution >= 0.6 is 0 Å². The standard InChI is InChI=1S/C17H28N2O/c1-4-14(5-2)19(10-11-20-3)16-12-13-8-6-7-9-15(13)17(16)18/h6-9,14,16-17H,4-5,10-12,18H2,1-3H3. The fourth-order valence-corrected chi connectivity index (χ4v) is 3.50. The summed E-state index contributed by atoms with van der Waals surface area (Å²) in [6, 6.07) is 9.74. The summed E-state index contributed by atoms with van der Waals surface area (Å²) in [5.41, 5.74) is 9.27. The lowest BCUT2D eigenvalue weighted by Crippen LogP contribution is -2.48. The molecule has 0 amide bonds. The average molecular weight is 276 g/mol. The first-order valence-electron chi connectivity index (χ1n) is 7.80. The minimum absolute atomic E-state index is 0.128. The van der Waals surface area contributed by atoms with E-state index in [-0.39, 0.29) is 6.04 Å². The SMILES string of the molecule is CCC(CC)N(CCOC)C1Cc2ccccc2C1N. The molecule has 2 N–H and O–H groups in total. The van der Waals surface area contributed by atoms with Crippen molar-refractivity contribution in [2.75, 3.05) is 20.3 Å². The highest BCUT2D eigenvalue weighted by Crippen LogP contribution is 2.34. The van der Waals surface area contributed by atoms with Crippen LogP contribution in [0.1, 0.15) is 43.9 Å². The van der Waals surface area contributed by atoms with E-state index in [1.54, 1.807) is 7.11 Å². The number of rotatable bonds is 7. The molecule has 0 aromatic heterocycles. The maximum atomic E-state index is 6.53. The molecule has 1 aromatic rings. The molecule has 0 spiro atoms. The Morgan fingerprint density at radius 1 is 1.30 bits per heavy atom. The largest absolute Gasteiger partial charge is 0.383 e. The fraction of sp³-hybridized carbons (Fsp3) is 0.647. The van der Waals surface area contributed by atoms with Crippen molar-refractivity contribution in [2.45, 2.75) is 51.2 Å². The zero-order valence-electron chi connectivity index (χ0n) is 13.0. The van der Waals surface area contributed by atoms with E-state index in [9.17, 15) is 0 Å². The van der Waals surface area contributed by atoms with Gasteiger partial charge in [0.2, 0.25) is 0 Å². The van der Waals surface area contributed by atoms with E-state index in [0.717, 1.165) is 19.6 Å². The van der Waals surface area contributed by atoms with Crippen molar-refractivity contribution in [1.82, 2.24) is 4.90 Å². The smallest absolute Gasteiger partial charge is 0.0589 e. The lowest BCUT2D eigenvalue weighted by molar-refractivity contribution is 0.0730. The van der Waals surface area contributed by atoms with Gasteiger partial charge in [0.05, 0.1) is 6.61 Å². The van der Waals surface area contributed by atoms with Gasteiger partial charge in [-0.3, -0.25) is 4.90 Å². The van der Waals surface area contributed by atoms with Crippen LogP contribution in [0.15, 0.2) is 24.3 Å². The molecule has 2 unspecified atom stereocenters. The Morgan fingerprint density at radius 3 is 2.60 bits per heavy atom. The first-order chi connectivity index (χ1) is 9.72. The number of methoxy groups -OCH3 is 1. The van der Waals surface area contributed by atoms with Gasteiger partial charge in [0.25, 0.3) is 0 Å². The van der Waals surface area contributed by atoms with Crippen molar-refractivity contribution < 1.29 is 4.74 Å². The summed E-state index contributed by atoms with van der Waals surface area (Å²) in [5.74, 6) is 0. The molecule has 3 nitrogen and oxygen atoms in total. The van der Waals surface area contributed by atoms with Crippen LogP contribution in [0, 0.1) is 0 Å². The van der Waals surface area contributed by atoms with E-state index < -0.39 is 0 Å². The van der Waals surface area contributed by atoms with Gasteiger partial charge in [0.1, 0.15) is 0 Å². The van der Waals surface area contributed by atoms with Crippen molar-refractivity contribution in [3.05, 3.63) is 35.4 Å². The third-order valence-corrected chi connectivity index (χ3v) is 4.65. The van der Waals surface area contributed by atoms with Crippen LogP contribution in [0.4, 0.5) is 0 Å². The maximum Gasteiger partial charge on any atom is 0.0589 e. The Morgan fingerprint density at radius 2 is 2.00 bits per heavy atom. The van der Waals surface area contributed by atoms with Gasteiger partial charge in [-0.25, -0.2) is 0 Å². The number of nitrogens with zero attached hydrogens (tertiary/aromatic N) is 1. The highest BCUT2D eigenvalue weighted by atomic mass is 16.5. The molecule has 0 radical (unpaired) electrons. The highest BCUT2D eigenvalue weighted by molar-refractivity contribution is 5.37. The van der Waals surface area contributed by atoms with Crippen LogP contribution in [-0.2, 0) is 11.2 Å². The number of fused-ring (bicyclic) bond motifs is 1. The second kappa shape index (κ2) is 7.21. The van der Waals surface area contributed by atoms with Crippen molar-refractivity contribution in [1.29, 1.82) is 0 Å².